The SMILES string of the molecule is COCC(=O)N1C/C(=N/OCc2ccc(Cl)c(Cl)c2)C[C@H]1C(=O)NC1CC1. The van der Waals surface area contributed by atoms with Crippen molar-refractivity contribution in [2.45, 2.75) is 38.0 Å². The molecule has 9 heteroatoms. The number of oxime groups is 1. The lowest BCUT2D eigenvalue weighted by Gasteiger charge is -2.22. The largest absolute Gasteiger partial charge is 0.391 e. The van der Waals surface area contributed by atoms with Gasteiger partial charge in [0.2, 0.25) is 11.8 Å². The van der Waals surface area contributed by atoms with Gasteiger partial charge in [0.05, 0.1) is 22.3 Å². The molecule has 27 heavy (non-hydrogen) atoms. The van der Waals surface area contributed by atoms with Gasteiger partial charge < -0.3 is 19.8 Å². The molecule has 1 aliphatic heterocycles. The Morgan fingerprint density at radius 1 is 1.30 bits per heavy atom. The molecule has 1 aromatic rings. The van der Waals surface area contributed by atoms with Crippen molar-refractivity contribution in [3.05, 3.63) is 33.8 Å². The van der Waals surface area contributed by atoms with E-state index in [2.05, 4.69) is 10.5 Å². The van der Waals surface area contributed by atoms with E-state index in [9.17, 15) is 9.59 Å². The molecule has 1 saturated carbocycles. The van der Waals surface area contributed by atoms with Gasteiger partial charge in [0, 0.05) is 19.6 Å². The van der Waals surface area contributed by atoms with Gasteiger partial charge in [-0.1, -0.05) is 34.4 Å². The van der Waals surface area contributed by atoms with Gasteiger partial charge in [-0.05, 0) is 30.5 Å². The molecule has 2 aliphatic rings. The molecule has 7 nitrogen and oxygen atoms in total. The number of rotatable bonds is 7. The number of nitrogens with one attached hydrogen (secondary N) is 1. The van der Waals surface area contributed by atoms with Crippen LogP contribution in [0.5, 0.6) is 0 Å². The molecule has 2 fully saturated rings. The molecule has 0 radical (unpaired) electrons. The first-order valence-electron chi connectivity index (χ1n) is 8.68. The van der Waals surface area contributed by atoms with E-state index in [1.807, 2.05) is 0 Å². The molecule has 146 valence electrons. The Kier molecular flexibility index (Phi) is 6.57. The monoisotopic (exact) mass is 413 g/mol. The molecule has 0 spiro atoms. The Bertz CT molecular complexity index is 752. The number of halogens is 2. The smallest absolute Gasteiger partial charge is 0.249 e. The van der Waals surface area contributed by atoms with E-state index in [1.165, 1.54) is 12.0 Å². The highest BCUT2D eigenvalue weighted by Gasteiger charge is 2.39. The summed E-state index contributed by atoms with van der Waals surface area (Å²) in [6.45, 7) is 0.377. The van der Waals surface area contributed by atoms with Crippen molar-refractivity contribution < 1.29 is 19.2 Å². The van der Waals surface area contributed by atoms with Crippen molar-refractivity contribution in [3.63, 3.8) is 0 Å². The van der Waals surface area contributed by atoms with Crippen molar-refractivity contribution in [1.82, 2.24) is 10.2 Å². The lowest BCUT2D eigenvalue weighted by atomic mass is 10.2. The Hall–Kier alpha value is -1.83. The third-order valence-corrected chi connectivity index (χ3v) is 5.12. The van der Waals surface area contributed by atoms with E-state index >= 15 is 0 Å². The summed E-state index contributed by atoms with van der Waals surface area (Å²) in [6, 6.07) is 4.83. The van der Waals surface area contributed by atoms with Gasteiger partial charge in [-0.3, -0.25) is 9.59 Å². The molecule has 1 aromatic carbocycles. The number of hydrogen-bond donors (Lipinski definition) is 1. The number of ether oxygens (including phenoxy) is 1. The quantitative estimate of drug-likeness (QED) is 0.695. The molecule has 1 heterocycles. The van der Waals surface area contributed by atoms with E-state index in [0.717, 1.165) is 18.4 Å². The van der Waals surface area contributed by atoms with Crippen molar-refractivity contribution in [2.24, 2.45) is 5.16 Å². The Morgan fingerprint density at radius 3 is 2.74 bits per heavy atom. The summed E-state index contributed by atoms with van der Waals surface area (Å²) in [5, 5.41) is 7.97. The average Bonchev–Trinajstić information content (AvgIpc) is 3.34. The van der Waals surface area contributed by atoms with E-state index in [0.29, 0.717) is 22.2 Å². The fourth-order valence-corrected chi connectivity index (χ4v) is 3.15. The third kappa shape index (κ3) is 5.34. The van der Waals surface area contributed by atoms with Crippen molar-refractivity contribution in [1.29, 1.82) is 0 Å². The predicted octanol–water partition coefficient (Wildman–Crippen LogP) is 2.39. The second-order valence-electron chi connectivity index (χ2n) is 6.64. The van der Waals surface area contributed by atoms with Crippen LogP contribution in [0.2, 0.25) is 10.0 Å². The molecule has 1 saturated heterocycles. The molecule has 1 aliphatic carbocycles. The first kappa shape index (κ1) is 19.9. The van der Waals surface area contributed by atoms with Crippen LogP contribution in [0.25, 0.3) is 0 Å². The molecular formula is C18H21Cl2N3O4. The van der Waals surface area contributed by atoms with Crippen LogP contribution in [-0.4, -0.2) is 54.8 Å². The second kappa shape index (κ2) is 8.91. The third-order valence-electron chi connectivity index (χ3n) is 4.38. The number of carbonyl (C=O) groups is 2. The summed E-state index contributed by atoms with van der Waals surface area (Å²) in [4.78, 5) is 31.6. The van der Waals surface area contributed by atoms with Gasteiger partial charge in [0.1, 0.15) is 19.3 Å². The molecule has 3 rings (SSSR count). The average molecular weight is 414 g/mol. The predicted molar refractivity (Wildman–Crippen MR) is 102 cm³/mol. The van der Waals surface area contributed by atoms with Crippen LogP contribution in [0.1, 0.15) is 24.8 Å². The van der Waals surface area contributed by atoms with Crippen LogP contribution in [-0.2, 0) is 25.8 Å². The number of nitrogens with zero attached hydrogens (tertiary/aromatic N) is 2. The minimum absolute atomic E-state index is 0.0788. The second-order valence-corrected chi connectivity index (χ2v) is 7.45. The zero-order valence-corrected chi connectivity index (χ0v) is 16.4. The van der Waals surface area contributed by atoms with Crippen LogP contribution in [0, 0.1) is 0 Å². The van der Waals surface area contributed by atoms with Gasteiger partial charge >= 0.3 is 0 Å². The number of likely N-dealkylation sites (tertiary alicyclic amines) is 1. The summed E-state index contributed by atoms with van der Waals surface area (Å²) in [5.41, 5.74) is 1.46. The van der Waals surface area contributed by atoms with Gasteiger partial charge in [0.25, 0.3) is 0 Å². The molecule has 0 bridgehead atoms. The van der Waals surface area contributed by atoms with Crippen LogP contribution < -0.4 is 5.32 Å². The summed E-state index contributed by atoms with van der Waals surface area (Å²) in [6.07, 6.45) is 2.31. The zero-order valence-electron chi connectivity index (χ0n) is 14.9. The minimum Gasteiger partial charge on any atom is -0.391 e. The van der Waals surface area contributed by atoms with Crippen molar-refractivity contribution in [3.8, 4) is 0 Å². The normalized spacial score (nSPS) is 20.8. The molecule has 1 atom stereocenters. The zero-order chi connectivity index (χ0) is 19.4. The molecule has 0 aromatic heterocycles. The van der Waals surface area contributed by atoms with Gasteiger partial charge in [0.15, 0.2) is 0 Å². The molecule has 2 amide bonds. The van der Waals surface area contributed by atoms with Crippen LogP contribution in [0.4, 0.5) is 0 Å². The first-order chi connectivity index (χ1) is 13.0. The number of hydrogen-bond acceptors (Lipinski definition) is 5. The van der Waals surface area contributed by atoms with Crippen LogP contribution in [0.15, 0.2) is 23.4 Å². The maximum absolute atomic E-state index is 12.5. The number of methoxy groups -OCH3 is 1. The lowest BCUT2D eigenvalue weighted by Crippen LogP contribution is -2.47. The number of carbonyl (C=O) groups excluding carboxylic acids is 2. The van der Waals surface area contributed by atoms with Gasteiger partial charge in [-0.2, -0.15) is 0 Å². The van der Waals surface area contributed by atoms with E-state index in [4.69, 9.17) is 32.8 Å². The Morgan fingerprint density at radius 2 is 2.07 bits per heavy atom. The van der Waals surface area contributed by atoms with E-state index in [1.54, 1.807) is 18.2 Å². The first-order valence-corrected chi connectivity index (χ1v) is 9.44. The molecule has 0 unspecified atom stereocenters. The fraction of sp³-hybridized carbons (Fsp3) is 0.500. The Balaban J connectivity index is 1.62. The minimum atomic E-state index is -0.583. The summed E-state index contributed by atoms with van der Waals surface area (Å²) in [5.74, 6) is -0.403. The topological polar surface area (TPSA) is 80.2 Å². The highest BCUT2D eigenvalue weighted by atomic mass is 35.5. The van der Waals surface area contributed by atoms with Gasteiger partial charge in [-0.25, -0.2) is 0 Å². The molecule has 1 N–H and O–H groups in total. The van der Waals surface area contributed by atoms with Crippen molar-refractivity contribution >= 4 is 40.7 Å². The van der Waals surface area contributed by atoms with E-state index in [-0.39, 0.29) is 37.6 Å². The Labute approximate surface area is 167 Å². The number of benzene rings is 1. The lowest BCUT2D eigenvalue weighted by molar-refractivity contribution is -0.141. The standard InChI is InChI=1S/C18H21Cl2N3O4/c1-26-10-17(24)23-8-13(7-16(23)18(25)21-12-3-4-12)22-27-9-11-2-5-14(19)15(20)6-11/h2,5-6,12,16H,3-4,7-10H2,1H3,(H,21,25)/b22-13+/t16-/m0/s1. The number of amides is 2. The fourth-order valence-electron chi connectivity index (χ4n) is 2.83. The maximum Gasteiger partial charge on any atom is 0.249 e. The van der Waals surface area contributed by atoms with Crippen LogP contribution >= 0.6 is 23.2 Å². The highest BCUT2D eigenvalue weighted by Crippen LogP contribution is 2.24. The van der Waals surface area contributed by atoms with E-state index < -0.39 is 6.04 Å². The van der Waals surface area contributed by atoms with Crippen molar-refractivity contribution in [2.75, 3.05) is 20.3 Å². The van der Waals surface area contributed by atoms with Gasteiger partial charge in [-0.15, -0.1) is 0 Å². The maximum atomic E-state index is 12.5. The van der Waals surface area contributed by atoms with Crippen LogP contribution in [0.3, 0.4) is 0 Å². The molecular weight excluding hydrogens is 393 g/mol. The summed E-state index contributed by atoms with van der Waals surface area (Å²) in [7, 11) is 1.45. The summed E-state index contributed by atoms with van der Waals surface area (Å²) >= 11 is 11.9. The summed E-state index contributed by atoms with van der Waals surface area (Å²) < 4.78 is 4.92. The highest BCUT2D eigenvalue weighted by molar-refractivity contribution is 6.42.